The number of hydrogen-bond acceptors (Lipinski definition) is 7. The van der Waals surface area contributed by atoms with Crippen molar-refractivity contribution in [2.75, 3.05) is 13.1 Å². The molecule has 1 aliphatic heterocycles. The van der Waals surface area contributed by atoms with E-state index in [1.54, 1.807) is 0 Å². The normalized spacial score (nSPS) is 15.8. The van der Waals surface area contributed by atoms with Gasteiger partial charge in [0.05, 0.1) is 14.7 Å². The summed E-state index contributed by atoms with van der Waals surface area (Å²) in [6.45, 7) is 2.75. The third kappa shape index (κ3) is 4.35. The molecule has 3 rings (SSSR count). The first-order valence-corrected chi connectivity index (χ1v) is 10.3. The Bertz CT molecular complexity index is 1050. The summed E-state index contributed by atoms with van der Waals surface area (Å²) in [5.74, 6) is -0.0371. The molecule has 0 aliphatic carbocycles. The van der Waals surface area contributed by atoms with E-state index in [1.165, 1.54) is 34.6 Å². The lowest BCUT2D eigenvalue weighted by molar-refractivity contribution is -0.387. The average molecular weight is 421 g/mol. The summed E-state index contributed by atoms with van der Waals surface area (Å²) in [5.41, 5.74) is -0.949. The third-order valence-corrected chi connectivity index (χ3v) is 6.68. The molecule has 11 heteroatoms. The Labute approximate surface area is 167 Å². The standard InChI is InChI=1S/C18H19N3O7S/c1-13-8-10-19(11-9-13)29(26,27)14-6-7-18(16(12-14)21(24)25)28-17-5-3-2-4-15(17)20(22)23/h2-7,12-13H,8-11H2,1H3. The van der Waals surface area contributed by atoms with Crippen molar-refractivity contribution in [3.63, 3.8) is 0 Å². The van der Waals surface area contributed by atoms with Crippen molar-refractivity contribution in [3.8, 4) is 11.5 Å². The maximum Gasteiger partial charge on any atom is 0.312 e. The Hall–Kier alpha value is -3.05. The number of nitro groups is 2. The van der Waals surface area contributed by atoms with E-state index in [1.807, 2.05) is 6.92 Å². The van der Waals surface area contributed by atoms with E-state index in [-0.39, 0.29) is 22.1 Å². The first-order valence-electron chi connectivity index (χ1n) is 8.90. The molecule has 2 aromatic carbocycles. The van der Waals surface area contributed by atoms with Crippen LogP contribution in [-0.2, 0) is 10.0 Å². The molecule has 0 atom stereocenters. The number of sulfonamides is 1. The molecule has 0 unspecified atom stereocenters. The SMILES string of the molecule is CC1CCN(S(=O)(=O)c2ccc(Oc3ccccc3[N+](=O)[O-])c([N+](=O)[O-])c2)CC1. The highest BCUT2D eigenvalue weighted by molar-refractivity contribution is 7.89. The van der Waals surface area contributed by atoms with Crippen LogP contribution in [0.2, 0.25) is 0 Å². The summed E-state index contributed by atoms with van der Waals surface area (Å²) in [5, 5.41) is 22.6. The van der Waals surface area contributed by atoms with Crippen LogP contribution in [-0.4, -0.2) is 35.7 Å². The van der Waals surface area contributed by atoms with Crippen LogP contribution in [0.1, 0.15) is 19.8 Å². The maximum absolute atomic E-state index is 12.9. The van der Waals surface area contributed by atoms with Gasteiger partial charge in [0.1, 0.15) is 0 Å². The summed E-state index contributed by atoms with van der Waals surface area (Å²) in [7, 11) is -3.89. The fourth-order valence-corrected chi connectivity index (χ4v) is 4.56. The molecule has 0 aromatic heterocycles. The minimum absolute atomic E-state index is 0.179. The number of benzene rings is 2. The Balaban J connectivity index is 1.96. The van der Waals surface area contributed by atoms with Gasteiger partial charge in [-0.1, -0.05) is 19.1 Å². The van der Waals surface area contributed by atoms with Crippen molar-refractivity contribution in [1.29, 1.82) is 0 Å². The highest BCUT2D eigenvalue weighted by atomic mass is 32.2. The van der Waals surface area contributed by atoms with Crippen molar-refractivity contribution in [3.05, 3.63) is 62.7 Å². The minimum Gasteiger partial charge on any atom is -0.443 e. The van der Waals surface area contributed by atoms with Gasteiger partial charge in [-0.2, -0.15) is 4.31 Å². The number of hydrogen-bond donors (Lipinski definition) is 0. The zero-order chi connectivity index (χ0) is 21.2. The highest BCUT2D eigenvalue weighted by Crippen LogP contribution is 2.37. The lowest BCUT2D eigenvalue weighted by Crippen LogP contribution is -2.37. The molecule has 0 N–H and O–H groups in total. The molecule has 2 aromatic rings. The highest BCUT2D eigenvalue weighted by Gasteiger charge is 2.31. The van der Waals surface area contributed by atoms with Crippen molar-refractivity contribution in [1.82, 2.24) is 4.31 Å². The van der Waals surface area contributed by atoms with Crippen molar-refractivity contribution in [2.45, 2.75) is 24.7 Å². The zero-order valence-electron chi connectivity index (χ0n) is 15.6. The van der Waals surface area contributed by atoms with Crippen molar-refractivity contribution in [2.24, 2.45) is 5.92 Å². The molecular weight excluding hydrogens is 402 g/mol. The van der Waals surface area contributed by atoms with Gasteiger partial charge in [0.2, 0.25) is 21.5 Å². The fourth-order valence-electron chi connectivity index (χ4n) is 3.07. The average Bonchev–Trinajstić information content (AvgIpc) is 2.68. The molecule has 1 heterocycles. The summed E-state index contributed by atoms with van der Waals surface area (Å²) in [6.07, 6.45) is 1.44. The second-order valence-electron chi connectivity index (χ2n) is 6.80. The molecule has 0 saturated carbocycles. The molecule has 29 heavy (non-hydrogen) atoms. The van der Waals surface area contributed by atoms with Gasteiger partial charge in [0.15, 0.2) is 0 Å². The van der Waals surface area contributed by atoms with Gasteiger partial charge in [0.25, 0.3) is 0 Å². The van der Waals surface area contributed by atoms with E-state index < -0.39 is 25.6 Å². The van der Waals surface area contributed by atoms with E-state index in [9.17, 15) is 28.6 Å². The fraction of sp³-hybridized carbons (Fsp3) is 0.333. The van der Waals surface area contributed by atoms with E-state index in [2.05, 4.69) is 0 Å². The van der Waals surface area contributed by atoms with Crippen molar-refractivity contribution < 1.29 is 23.0 Å². The van der Waals surface area contributed by atoms with Gasteiger partial charge in [-0.3, -0.25) is 20.2 Å². The van der Waals surface area contributed by atoms with E-state index in [0.29, 0.717) is 19.0 Å². The topological polar surface area (TPSA) is 133 Å². The molecule has 0 bridgehead atoms. The zero-order valence-corrected chi connectivity index (χ0v) is 16.4. The Morgan fingerprint density at radius 2 is 1.55 bits per heavy atom. The number of rotatable bonds is 6. The molecule has 0 spiro atoms. The van der Waals surface area contributed by atoms with Crippen LogP contribution in [0, 0.1) is 26.1 Å². The summed E-state index contributed by atoms with van der Waals surface area (Å²) in [6, 6.07) is 8.73. The Kier molecular flexibility index (Phi) is 5.80. The minimum atomic E-state index is -3.89. The molecule has 154 valence electrons. The maximum atomic E-state index is 12.9. The van der Waals surface area contributed by atoms with Gasteiger partial charge in [-0.05, 0) is 37.0 Å². The smallest absolute Gasteiger partial charge is 0.312 e. The van der Waals surface area contributed by atoms with Gasteiger partial charge >= 0.3 is 11.4 Å². The lowest BCUT2D eigenvalue weighted by atomic mass is 10.0. The molecule has 10 nitrogen and oxygen atoms in total. The molecule has 1 saturated heterocycles. The van der Waals surface area contributed by atoms with Crippen LogP contribution in [0.3, 0.4) is 0 Å². The lowest BCUT2D eigenvalue weighted by Gasteiger charge is -2.29. The Morgan fingerprint density at radius 3 is 2.17 bits per heavy atom. The predicted molar refractivity (Wildman–Crippen MR) is 103 cm³/mol. The predicted octanol–water partition coefficient (Wildman–Crippen LogP) is 3.72. The van der Waals surface area contributed by atoms with Crippen LogP contribution in [0.15, 0.2) is 47.4 Å². The number of para-hydroxylation sites is 2. The molecule has 0 amide bonds. The molecule has 1 aliphatic rings. The van der Waals surface area contributed by atoms with Crippen LogP contribution in [0.25, 0.3) is 0 Å². The largest absolute Gasteiger partial charge is 0.443 e. The number of nitrogens with zero attached hydrogens (tertiary/aromatic N) is 3. The Morgan fingerprint density at radius 1 is 0.966 bits per heavy atom. The van der Waals surface area contributed by atoms with Crippen molar-refractivity contribution >= 4 is 21.4 Å². The number of ether oxygens (including phenoxy) is 1. The molecule has 0 radical (unpaired) electrons. The molecule has 1 fully saturated rings. The van der Waals surface area contributed by atoms with Gasteiger partial charge in [-0.25, -0.2) is 8.42 Å². The van der Waals surface area contributed by atoms with E-state index in [4.69, 9.17) is 4.74 Å². The van der Waals surface area contributed by atoms with Crippen LogP contribution in [0.4, 0.5) is 11.4 Å². The second-order valence-corrected chi connectivity index (χ2v) is 8.74. The van der Waals surface area contributed by atoms with E-state index >= 15 is 0 Å². The summed E-state index contributed by atoms with van der Waals surface area (Å²) in [4.78, 5) is 21.0. The second kappa shape index (κ2) is 8.13. The summed E-state index contributed by atoms with van der Waals surface area (Å²) < 4.78 is 32.4. The monoisotopic (exact) mass is 421 g/mol. The number of piperidine rings is 1. The van der Waals surface area contributed by atoms with Gasteiger partial charge in [0, 0.05) is 25.2 Å². The molecular formula is C18H19N3O7S. The quantitative estimate of drug-likeness (QED) is 0.513. The van der Waals surface area contributed by atoms with Crippen LogP contribution in [0.5, 0.6) is 11.5 Å². The first-order chi connectivity index (χ1) is 13.7. The first kappa shape index (κ1) is 20.7. The van der Waals surface area contributed by atoms with Crippen LogP contribution < -0.4 is 4.74 Å². The third-order valence-electron chi connectivity index (χ3n) is 4.79. The number of nitro benzene ring substituents is 2. The van der Waals surface area contributed by atoms with Gasteiger partial charge in [-0.15, -0.1) is 0 Å². The van der Waals surface area contributed by atoms with Crippen LogP contribution >= 0.6 is 0 Å². The van der Waals surface area contributed by atoms with Gasteiger partial charge < -0.3 is 4.74 Å². The van der Waals surface area contributed by atoms with E-state index in [0.717, 1.165) is 25.0 Å². The summed E-state index contributed by atoms with van der Waals surface area (Å²) >= 11 is 0.